The molecule has 0 saturated heterocycles. The molecule has 2 aromatic carbocycles. The van der Waals surface area contributed by atoms with E-state index in [2.05, 4.69) is 21.2 Å². The van der Waals surface area contributed by atoms with Crippen molar-refractivity contribution in [3.63, 3.8) is 0 Å². The minimum absolute atomic E-state index is 0.0106. The fraction of sp³-hybridized carbons (Fsp3) is 0.238. The summed E-state index contributed by atoms with van der Waals surface area (Å²) in [6.07, 6.45) is -0.722. The second-order valence-corrected chi connectivity index (χ2v) is 7.45. The van der Waals surface area contributed by atoms with Crippen molar-refractivity contribution >= 4 is 45.3 Å². The summed E-state index contributed by atoms with van der Waals surface area (Å²) in [5.41, 5.74) is 1.34. The molecule has 7 nitrogen and oxygen atoms in total. The summed E-state index contributed by atoms with van der Waals surface area (Å²) in [5.74, 6) is -1.73. The number of hydrogen-bond donors (Lipinski definition) is 1. The molecule has 1 atom stereocenters. The lowest BCUT2D eigenvalue weighted by molar-refractivity contribution is -0.153. The summed E-state index contributed by atoms with van der Waals surface area (Å²) < 4.78 is 6.02. The minimum atomic E-state index is -0.967. The molecule has 0 saturated carbocycles. The number of halogens is 1. The zero-order chi connectivity index (χ0) is 21.0. The largest absolute Gasteiger partial charge is 0.453 e. The topological polar surface area (TPSA) is 92.8 Å². The Hall–Kier alpha value is -3.00. The molecule has 0 bridgehead atoms. The van der Waals surface area contributed by atoms with Crippen molar-refractivity contribution in [1.29, 1.82) is 0 Å². The van der Waals surface area contributed by atoms with Crippen LogP contribution in [0, 0.1) is 0 Å². The van der Waals surface area contributed by atoms with Crippen LogP contribution in [-0.2, 0) is 14.3 Å². The first-order chi connectivity index (χ1) is 13.9. The van der Waals surface area contributed by atoms with Crippen LogP contribution in [0.1, 0.15) is 40.5 Å². The number of imide groups is 1. The van der Waals surface area contributed by atoms with Gasteiger partial charge in [-0.2, -0.15) is 0 Å². The van der Waals surface area contributed by atoms with Gasteiger partial charge in [-0.15, -0.1) is 0 Å². The third kappa shape index (κ3) is 4.89. The number of anilines is 1. The zero-order valence-electron chi connectivity index (χ0n) is 15.7. The number of benzene rings is 2. The molecule has 0 aromatic heterocycles. The molecule has 3 rings (SSSR count). The number of carbonyl (C=O) groups excluding carboxylic acids is 4. The third-order valence-corrected chi connectivity index (χ3v) is 4.96. The molecule has 1 unspecified atom stereocenters. The Bertz CT molecular complexity index is 923. The number of rotatable bonds is 7. The molecule has 150 valence electrons. The molecule has 3 amide bonds. The molecule has 1 N–H and O–H groups in total. The first kappa shape index (κ1) is 20.7. The van der Waals surface area contributed by atoms with E-state index < -0.39 is 18.0 Å². The maximum absolute atomic E-state index is 12.3. The van der Waals surface area contributed by atoms with Crippen molar-refractivity contribution in [2.75, 3.05) is 11.9 Å². The van der Waals surface area contributed by atoms with E-state index >= 15 is 0 Å². The zero-order valence-corrected chi connectivity index (χ0v) is 17.3. The highest BCUT2D eigenvalue weighted by atomic mass is 79.9. The van der Waals surface area contributed by atoms with Gasteiger partial charge in [0.1, 0.15) is 0 Å². The Morgan fingerprint density at radius 3 is 2.21 bits per heavy atom. The van der Waals surface area contributed by atoms with Crippen molar-refractivity contribution in [2.24, 2.45) is 0 Å². The van der Waals surface area contributed by atoms with Gasteiger partial charge in [0.15, 0.2) is 6.10 Å². The van der Waals surface area contributed by atoms with E-state index in [4.69, 9.17) is 4.74 Å². The smallest absolute Gasteiger partial charge is 0.306 e. The van der Waals surface area contributed by atoms with Gasteiger partial charge in [0.05, 0.1) is 11.1 Å². The molecule has 8 heteroatoms. The van der Waals surface area contributed by atoms with Crippen LogP contribution in [0.2, 0.25) is 0 Å². The van der Waals surface area contributed by atoms with E-state index in [0.717, 1.165) is 9.37 Å². The summed E-state index contributed by atoms with van der Waals surface area (Å²) >= 11 is 3.31. The molecule has 1 heterocycles. The van der Waals surface area contributed by atoms with E-state index in [-0.39, 0.29) is 31.2 Å². The quantitative estimate of drug-likeness (QED) is 0.506. The Kier molecular flexibility index (Phi) is 6.43. The first-order valence-electron chi connectivity index (χ1n) is 9.08. The Balaban J connectivity index is 1.44. The van der Waals surface area contributed by atoms with Gasteiger partial charge < -0.3 is 10.1 Å². The summed E-state index contributed by atoms with van der Waals surface area (Å²) in [6.45, 7) is 1.59. The number of nitrogens with one attached hydrogen (secondary N) is 1. The van der Waals surface area contributed by atoms with Crippen molar-refractivity contribution in [3.8, 4) is 0 Å². The second-order valence-electron chi connectivity index (χ2n) is 6.54. The number of hydrogen-bond acceptors (Lipinski definition) is 5. The van der Waals surface area contributed by atoms with Gasteiger partial charge in [-0.3, -0.25) is 24.1 Å². The number of amides is 3. The van der Waals surface area contributed by atoms with Crippen LogP contribution in [0.5, 0.6) is 0 Å². The lowest BCUT2D eigenvalue weighted by Crippen LogP contribution is -2.32. The molecule has 0 radical (unpaired) electrons. The number of nitrogens with zero attached hydrogens (tertiary/aromatic N) is 1. The van der Waals surface area contributed by atoms with E-state index in [9.17, 15) is 19.2 Å². The van der Waals surface area contributed by atoms with Gasteiger partial charge in [0.25, 0.3) is 17.7 Å². The maximum atomic E-state index is 12.3. The standard InChI is InChI=1S/C21H19BrN2O5/c1-13(19(26)23-15-10-8-14(22)9-11-15)29-18(25)7-4-12-24-20(27)16-5-2-3-6-17(16)21(24)28/h2-3,5-6,8-11,13H,4,7,12H2,1H3,(H,23,26). The molecule has 0 fully saturated rings. The Morgan fingerprint density at radius 2 is 1.62 bits per heavy atom. The fourth-order valence-corrected chi connectivity index (χ4v) is 3.17. The van der Waals surface area contributed by atoms with Crippen molar-refractivity contribution < 1.29 is 23.9 Å². The summed E-state index contributed by atoms with van der Waals surface area (Å²) in [5, 5.41) is 2.66. The van der Waals surface area contributed by atoms with Gasteiger partial charge >= 0.3 is 5.97 Å². The fourth-order valence-electron chi connectivity index (χ4n) is 2.91. The van der Waals surface area contributed by atoms with Crippen molar-refractivity contribution in [1.82, 2.24) is 4.90 Å². The lowest BCUT2D eigenvalue weighted by Gasteiger charge is -2.15. The van der Waals surface area contributed by atoms with E-state index in [0.29, 0.717) is 16.8 Å². The average molecular weight is 459 g/mol. The maximum Gasteiger partial charge on any atom is 0.306 e. The highest BCUT2D eigenvalue weighted by molar-refractivity contribution is 9.10. The van der Waals surface area contributed by atoms with Gasteiger partial charge in [-0.1, -0.05) is 28.1 Å². The summed E-state index contributed by atoms with van der Waals surface area (Å²) in [6, 6.07) is 13.6. The van der Waals surface area contributed by atoms with Gasteiger partial charge in [0.2, 0.25) is 0 Å². The third-order valence-electron chi connectivity index (χ3n) is 4.43. The van der Waals surface area contributed by atoms with E-state index in [1.807, 2.05) is 0 Å². The molecule has 29 heavy (non-hydrogen) atoms. The number of esters is 1. The van der Waals surface area contributed by atoms with Crippen molar-refractivity contribution in [2.45, 2.75) is 25.9 Å². The number of carbonyl (C=O) groups is 4. The van der Waals surface area contributed by atoms with Crippen LogP contribution in [0.25, 0.3) is 0 Å². The van der Waals surface area contributed by atoms with Crippen LogP contribution in [-0.4, -0.2) is 41.2 Å². The predicted octanol–water partition coefficient (Wildman–Crippen LogP) is 3.40. The van der Waals surface area contributed by atoms with E-state index in [1.54, 1.807) is 48.5 Å². The summed E-state index contributed by atoms with van der Waals surface area (Å²) in [7, 11) is 0. The number of ether oxygens (including phenoxy) is 1. The molecular formula is C21H19BrN2O5. The number of fused-ring (bicyclic) bond motifs is 1. The van der Waals surface area contributed by atoms with Gasteiger partial charge in [0, 0.05) is 23.1 Å². The van der Waals surface area contributed by atoms with Crippen LogP contribution < -0.4 is 5.32 Å². The highest BCUT2D eigenvalue weighted by Crippen LogP contribution is 2.22. The van der Waals surface area contributed by atoms with Gasteiger partial charge in [-0.05, 0) is 49.7 Å². The summed E-state index contributed by atoms with van der Waals surface area (Å²) in [4.78, 5) is 49.8. The SMILES string of the molecule is CC(OC(=O)CCCN1C(=O)c2ccccc2C1=O)C(=O)Nc1ccc(Br)cc1. The lowest BCUT2D eigenvalue weighted by atomic mass is 10.1. The van der Waals surface area contributed by atoms with Crippen LogP contribution in [0.15, 0.2) is 53.0 Å². The second kappa shape index (κ2) is 9.00. The highest BCUT2D eigenvalue weighted by Gasteiger charge is 2.34. The Labute approximate surface area is 176 Å². The van der Waals surface area contributed by atoms with E-state index in [1.165, 1.54) is 6.92 Å². The van der Waals surface area contributed by atoms with Crippen LogP contribution >= 0.6 is 15.9 Å². The molecule has 0 aliphatic carbocycles. The Morgan fingerprint density at radius 1 is 1.03 bits per heavy atom. The normalized spacial score (nSPS) is 13.8. The van der Waals surface area contributed by atoms with Crippen molar-refractivity contribution in [3.05, 3.63) is 64.1 Å². The molecule has 2 aromatic rings. The molecule has 1 aliphatic heterocycles. The van der Waals surface area contributed by atoms with Crippen LogP contribution in [0.4, 0.5) is 5.69 Å². The van der Waals surface area contributed by atoms with Gasteiger partial charge in [-0.25, -0.2) is 0 Å². The molecular weight excluding hydrogens is 440 g/mol. The van der Waals surface area contributed by atoms with Crippen LogP contribution in [0.3, 0.4) is 0 Å². The predicted molar refractivity (Wildman–Crippen MR) is 109 cm³/mol. The minimum Gasteiger partial charge on any atom is -0.453 e. The first-order valence-corrected chi connectivity index (χ1v) is 9.87. The molecule has 1 aliphatic rings. The monoisotopic (exact) mass is 458 g/mol. The molecule has 0 spiro atoms. The average Bonchev–Trinajstić information content (AvgIpc) is 2.95.